The van der Waals surface area contributed by atoms with Crippen LogP contribution in [-0.4, -0.2) is 140 Å². The van der Waals surface area contributed by atoms with E-state index >= 15 is 0 Å². The molecule has 1 amide bonds. The van der Waals surface area contributed by atoms with E-state index in [0.29, 0.717) is 12.8 Å². The maximum atomic E-state index is 13.4. The first-order chi connectivity index (χ1) is 48.6. The van der Waals surface area contributed by atoms with Crippen LogP contribution in [0.5, 0.6) is 0 Å². The maximum absolute atomic E-state index is 13.4. The van der Waals surface area contributed by atoms with Crippen LogP contribution in [0.1, 0.15) is 341 Å². The highest BCUT2D eigenvalue weighted by Crippen LogP contribution is 2.30. The second-order valence-corrected chi connectivity index (χ2v) is 28.5. The van der Waals surface area contributed by atoms with Crippen LogP contribution in [0.4, 0.5) is 0 Å². The molecule has 14 nitrogen and oxygen atoms in total. The summed E-state index contributed by atoms with van der Waals surface area (Å²) in [6, 6.07) is -0.936. The summed E-state index contributed by atoms with van der Waals surface area (Å²) in [5.41, 5.74) is 0. The first kappa shape index (κ1) is 92.0. The molecule has 2 saturated heterocycles. The van der Waals surface area contributed by atoms with Gasteiger partial charge in [-0.1, -0.05) is 349 Å². The van der Waals surface area contributed by atoms with Crippen molar-refractivity contribution in [2.75, 3.05) is 19.8 Å². The van der Waals surface area contributed by atoms with Crippen molar-refractivity contribution in [3.63, 3.8) is 0 Å². The number of carbonyl (C=O) groups is 1. The van der Waals surface area contributed by atoms with Crippen LogP contribution < -0.4 is 5.32 Å². The quantitative estimate of drug-likeness (QED) is 0.0204. The van der Waals surface area contributed by atoms with E-state index in [9.17, 15) is 45.6 Å². The summed E-state index contributed by atoms with van der Waals surface area (Å²) in [6.07, 6.45) is 80.7. The lowest BCUT2D eigenvalue weighted by Gasteiger charge is -2.46. The van der Waals surface area contributed by atoms with E-state index in [1.807, 2.05) is 6.08 Å². The second kappa shape index (κ2) is 68.0. The van der Waals surface area contributed by atoms with Crippen molar-refractivity contribution in [2.24, 2.45) is 0 Å². The number of ether oxygens (including phenoxy) is 4. The molecule has 14 heteroatoms. The molecular formula is C85H151NO13. The van der Waals surface area contributed by atoms with Gasteiger partial charge in [0.05, 0.1) is 32.0 Å². The smallest absolute Gasteiger partial charge is 0.220 e. The average molecular weight is 1400 g/mol. The summed E-state index contributed by atoms with van der Waals surface area (Å²) >= 11 is 0. The largest absolute Gasteiger partial charge is 0.394 e. The van der Waals surface area contributed by atoms with Crippen LogP contribution in [0.3, 0.4) is 0 Å². The number of hydrogen-bond donors (Lipinski definition) is 9. The van der Waals surface area contributed by atoms with Crippen LogP contribution in [-0.2, 0) is 23.7 Å². The fourth-order valence-corrected chi connectivity index (χ4v) is 13.1. The topological polar surface area (TPSA) is 228 Å². The Bertz CT molecular complexity index is 2040. The van der Waals surface area contributed by atoms with Gasteiger partial charge in [0.1, 0.15) is 48.8 Å². The van der Waals surface area contributed by atoms with Crippen LogP contribution in [0.2, 0.25) is 0 Å². The minimum absolute atomic E-state index is 0.245. The number of carbonyl (C=O) groups excluding carboxylic acids is 1. The highest BCUT2D eigenvalue weighted by atomic mass is 16.7. The molecule has 2 fully saturated rings. The zero-order valence-electron chi connectivity index (χ0n) is 63.0. The molecule has 0 aliphatic carbocycles. The number of aliphatic hydroxyl groups is 8. The van der Waals surface area contributed by atoms with Crippen molar-refractivity contribution in [1.82, 2.24) is 5.32 Å². The minimum atomic E-state index is -1.79. The molecule has 0 aromatic heterocycles. The molecule has 12 unspecified atom stereocenters. The lowest BCUT2D eigenvalue weighted by atomic mass is 9.97. The Labute approximate surface area is 604 Å². The maximum Gasteiger partial charge on any atom is 0.220 e. The van der Waals surface area contributed by atoms with Crippen LogP contribution in [0.25, 0.3) is 0 Å². The SMILES string of the molecule is CC/C=C\C/C=C\C/C=C\C/C=C\C/C=C\C/C=C\CCCCCCCCCCCCCCCCCCCCCCCCC(=O)NC(COC1OC(CO)C(OC2OC(CO)C(O)C(O)C2O)C(O)C1O)C(O)/C=C/CC/C=C/CCCCCCCCCCCCCCCCCCCC. The molecule has 99 heavy (non-hydrogen) atoms. The van der Waals surface area contributed by atoms with E-state index in [2.05, 4.69) is 104 Å². The predicted octanol–water partition coefficient (Wildman–Crippen LogP) is 18.9. The molecule has 0 spiro atoms. The van der Waals surface area contributed by atoms with E-state index in [4.69, 9.17) is 18.9 Å². The van der Waals surface area contributed by atoms with E-state index < -0.39 is 86.8 Å². The standard InChI is InChI=1S/C85H151NO13/c1-3-5-7-9-11-13-15-17-19-21-23-25-27-29-30-31-32-33-34-35-36-37-38-39-40-41-42-43-44-45-47-49-51-53-55-57-59-61-63-65-67-69-77(90)86-73(72-96-84-82(95)80(93)83(76(71-88)98-84)99-85-81(94)79(92)78(91)75(70-87)97-85)74(89)68-66-64-62-60-58-56-54-52-50-48-46-28-26-24-22-20-18-16-14-12-10-8-6-4-2/h5,7,11,13,17,19,23,25,29-30,32-33,58,60,66,68,73-76,78-85,87-89,91-95H,3-4,6,8-10,12,14-16,18,20-22,24,26-28,31,34-57,59,61-65,67,69-72H2,1-2H3,(H,86,90)/b7-5-,13-11-,19-17-,25-23-,30-29-,33-32-,60-58+,68-66+. The van der Waals surface area contributed by atoms with Crippen molar-refractivity contribution in [3.8, 4) is 0 Å². The van der Waals surface area contributed by atoms with Gasteiger partial charge in [0.2, 0.25) is 5.91 Å². The van der Waals surface area contributed by atoms with E-state index in [0.717, 1.165) is 70.6 Å². The summed E-state index contributed by atoms with van der Waals surface area (Å²) in [4.78, 5) is 13.4. The molecular weight excluding hydrogens is 1240 g/mol. The van der Waals surface area contributed by atoms with Crippen molar-refractivity contribution >= 4 is 5.91 Å². The van der Waals surface area contributed by atoms with Crippen molar-refractivity contribution in [2.45, 2.75) is 415 Å². The third-order valence-corrected chi connectivity index (χ3v) is 19.5. The molecule has 0 saturated carbocycles. The molecule has 2 heterocycles. The van der Waals surface area contributed by atoms with Crippen molar-refractivity contribution in [1.29, 1.82) is 0 Å². The summed E-state index contributed by atoms with van der Waals surface area (Å²) < 4.78 is 22.9. The number of aliphatic hydroxyl groups excluding tert-OH is 8. The second-order valence-electron chi connectivity index (χ2n) is 28.5. The highest BCUT2D eigenvalue weighted by Gasteiger charge is 2.51. The number of unbranched alkanes of at least 4 members (excludes halogenated alkanes) is 41. The van der Waals surface area contributed by atoms with Crippen LogP contribution >= 0.6 is 0 Å². The third-order valence-electron chi connectivity index (χ3n) is 19.5. The van der Waals surface area contributed by atoms with Gasteiger partial charge in [-0.2, -0.15) is 0 Å². The Kier molecular flexibility index (Phi) is 63.2. The first-order valence-electron chi connectivity index (χ1n) is 41.0. The number of allylic oxidation sites excluding steroid dienone is 15. The fourth-order valence-electron chi connectivity index (χ4n) is 13.1. The van der Waals surface area contributed by atoms with Crippen LogP contribution in [0, 0.1) is 0 Å². The summed E-state index contributed by atoms with van der Waals surface area (Å²) in [6.45, 7) is 2.71. The van der Waals surface area contributed by atoms with Gasteiger partial charge < -0.3 is 65.1 Å². The number of hydrogen-bond acceptors (Lipinski definition) is 13. The Morgan fingerprint density at radius 1 is 0.374 bits per heavy atom. The molecule has 2 rings (SSSR count). The third kappa shape index (κ3) is 50.9. The molecule has 9 N–H and O–H groups in total. The predicted molar refractivity (Wildman–Crippen MR) is 410 cm³/mol. The van der Waals surface area contributed by atoms with Crippen molar-refractivity contribution in [3.05, 3.63) is 97.2 Å². The Morgan fingerprint density at radius 3 is 1.11 bits per heavy atom. The van der Waals surface area contributed by atoms with Crippen molar-refractivity contribution < 1.29 is 64.6 Å². The summed E-state index contributed by atoms with van der Waals surface area (Å²) in [7, 11) is 0. The number of nitrogens with one attached hydrogen (secondary N) is 1. The molecule has 0 radical (unpaired) electrons. The Hall–Kier alpha value is -3.09. The van der Waals surface area contributed by atoms with Gasteiger partial charge in [0.25, 0.3) is 0 Å². The van der Waals surface area contributed by atoms with Gasteiger partial charge in [-0.3, -0.25) is 4.79 Å². The average Bonchev–Trinajstić information content (AvgIpc) is 0.799. The van der Waals surface area contributed by atoms with Gasteiger partial charge in [0, 0.05) is 6.42 Å². The summed E-state index contributed by atoms with van der Waals surface area (Å²) in [5, 5.41) is 87.7. The van der Waals surface area contributed by atoms with Gasteiger partial charge in [-0.25, -0.2) is 0 Å². The molecule has 2 aliphatic rings. The number of amides is 1. The summed E-state index contributed by atoms with van der Waals surface area (Å²) in [5.74, 6) is -0.245. The molecule has 12 atom stereocenters. The number of rotatable bonds is 68. The zero-order valence-corrected chi connectivity index (χ0v) is 63.0. The highest BCUT2D eigenvalue weighted by molar-refractivity contribution is 5.76. The molecule has 0 aromatic carbocycles. The normalized spacial score (nSPS) is 22.4. The Morgan fingerprint density at radius 2 is 0.707 bits per heavy atom. The monoisotopic (exact) mass is 1390 g/mol. The Balaban J connectivity index is 1.58. The van der Waals surface area contributed by atoms with Gasteiger partial charge in [-0.05, 0) is 83.5 Å². The van der Waals surface area contributed by atoms with E-state index in [-0.39, 0.29) is 18.9 Å². The zero-order chi connectivity index (χ0) is 71.5. The fraction of sp³-hybridized carbons (Fsp3) is 0.800. The molecule has 0 bridgehead atoms. The minimum Gasteiger partial charge on any atom is -0.394 e. The van der Waals surface area contributed by atoms with Gasteiger partial charge in [0.15, 0.2) is 12.6 Å². The van der Waals surface area contributed by atoms with Gasteiger partial charge in [-0.15, -0.1) is 0 Å². The van der Waals surface area contributed by atoms with E-state index in [1.165, 1.54) is 238 Å². The molecule has 0 aromatic rings. The first-order valence-corrected chi connectivity index (χ1v) is 41.0. The molecule has 574 valence electrons. The molecule has 2 aliphatic heterocycles. The lowest BCUT2D eigenvalue weighted by Crippen LogP contribution is -2.65. The van der Waals surface area contributed by atoms with E-state index in [1.54, 1.807) is 6.08 Å². The van der Waals surface area contributed by atoms with Crippen LogP contribution in [0.15, 0.2) is 97.2 Å². The van der Waals surface area contributed by atoms with Gasteiger partial charge >= 0.3 is 0 Å². The lowest BCUT2D eigenvalue weighted by molar-refractivity contribution is -0.359.